The molecule has 3 saturated heterocycles. The molecule has 4 heterocycles. The lowest BCUT2D eigenvalue weighted by Gasteiger charge is -2.40. The van der Waals surface area contributed by atoms with Crippen molar-refractivity contribution in [1.29, 1.82) is 0 Å². The maximum atomic E-state index is 14.4. The van der Waals surface area contributed by atoms with Gasteiger partial charge in [-0.05, 0) is 37.3 Å². The second kappa shape index (κ2) is 11.1. The number of allylic oxidation sites excluding steroid dienone is 1. The fourth-order valence-electron chi connectivity index (χ4n) is 6.64. The Morgan fingerprint density at radius 3 is 2.85 bits per heavy atom. The third kappa shape index (κ3) is 4.45. The van der Waals surface area contributed by atoms with E-state index in [4.69, 9.17) is 4.74 Å². The van der Waals surface area contributed by atoms with Gasteiger partial charge in [0, 0.05) is 18.3 Å². The number of para-hydroxylation sites is 1. The van der Waals surface area contributed by atoms with E-state index < -0.39 is 22.6 Å². The van der Waals surface area contributed by atoms with Crippen molar-refractivity contribution < 1.29 is 24.2 Å². The van der Waals surface area contributed by atoms with Gasteiger partial charge in [-0.1, -0.05) is 36.4 Å². The second-order valence-electron chi connectivity index (χ2n) is 10.5. The second-order valence-corrected chi connectivity index (χ2v) is 12.0. The number of esters is 1. The normalized spacial score (nSPS) is 29.0. The van der Waals surface area contributed by atoms with Gasteiger partial charge in [-0.2, -0.15) is 0 Å². The molecule has 1 N–H and O–H groups in total. The van der Waals surface area contributed by atoms with E-state index in [1.807, 2.05) is 24.3 Å². The lowest BCUT2D eigenvalue weighted by Crippen LogP contribution is -2.57. The van der Waals surface area contributed by atoms with Crippen LogP contribution < -0.4 is 0 Å². The van der Waals surface area contributed by atoms with Crippen LogP contribution in [0, 0.1) is 17.8 Å². The number of hydrogen-bond donors (Lipinski definition) is 1. The van der Waals surface area contributed by atoms with Gasteiger partial charge >= 0.3 is 5.97 Å². The molecule has 6 atom stereocenters. The topological polar surface area (TPSA) is 118 Å². The number of unbranched alkanes of at least 4 members (excludes halogenated alkanes) is 1. The number of thioether (sulfide) groups is 1. The average Bonchev–Trinajstić information content (AvgIpc) is 3.64. The van der Waals surface area contributed by atoms with Gasteiger partial charge in [0.2, 0.25) is 11.8 Å². The van der Waals surface area contributed by atoms with E-state index in [2.05, 4.69) is 30.4 Å². The first-order chi connectivity index (χ1) is 18.9. The first kappa shape index (κ1) is 27.4. The van der Waals surface area contributed by atoms with Crippen LogP contribution in [0.4, 0.5) is 0 Å². The first-order valence-corrected chi connectivity index (χ1v) is 14.3. The summed E-state index contributed by atoms with van der Waals surface area (Å²) in [5.41, 5.74) is 1.50. The SMILES string of the molecule is C=CCCCOC(=O)[C@@H]1[C@H]2C(=O)N(CCO)C(C(=O)N(CC=C)Cn3nnc4ccccc43)C23S[C@@H]1CC3C. The Kier molecular flexibility index (Phi) is 7.82. The predicted molar refractivity (Wildman–Crippen MR) is 147 cm³/mol. The van der Waals surface area contributed by atoms with Crippen LogP contribution in [0.1, 0.15) is 26.2 Å². The van der Waals surface area contributed by atoms with Gasteiger partial charge in [0.05, 0.1) is 35.3 Å². The minimum atomic E-state index is -0.833. The Labute approximate surface area is 232 Å². The number of aliphatic hydroxyl groups is 1. The highest BCUT2D eigenvalue weighted by Crippen LogP contribution is 2.68. The van der Waals surface area contributed by atoms with E-state index in [0.717, 1.165) is 11.9 Å². The molecule has 3 aliphatic rings. The molecule has 2 amide bonds. The molecule has 0 saturated carbocycles. The van der Waals surface area contributed by atoms with E-state index in [0.29, 0.717) is 18.4 Å². The third-order valence-electron chi connectivity index (χ3n) is 8.28. The summed E-state index contributed by atoms with van der Waals surface area (Å²) in [4.78, 5) is 44.8. The lowest BCUT2D eigenvalue weighted by atomic mass is 9.66. The van der Waals surface area contributed by atoms with E-state index in [1.54, 1.807) is 33.5 Å². The van der Waals surface area contributed by atoms with Crippen molar-refractivity contribution in [3.05, 3.63) is 49.6 Å². The number of likely N-dealkylation sites (tertiary alicyclic amines) is 1. The molecule has 11 heteroatoms. The molecule has 5 rings (SSSR count). The summed E-state index contributed by atoms with van der Waals surface area (Å²) in [6, 6.07) is 6.67. The number of rotatable bonds is 12. The van der Waals surface area contributed by atoms with Gasteiger partial charge in [0.1, 0.15) is 18.2 Å². The number of β-amino-alcohol motifs (C(OH)–C–C–N with tert-alkyl or cyclic N) is 1. The van der Waals surface area contributed by atoms with Gasteiger partial charge in [-0.15, -0.1) is 30.0 Å². The maximum absolute atomic E-state index is 14.4. The first-order valence-electron chi connectivity index (χ1n) is 13.4. The maximum Gasteiger partial charge on any atom is 0.310 e. The molecular weight excluding hydrogens is 518 g/mol. The zero-order valence-corrected chi connectivity index (χ0v) is 23.0. The van der Waals surface area contributed by atoms with E-state index in [9.17, 15) is 19.5 Å². The molecule has 1 aromatic heterocycles. The average molecular weight is 554 g/mol. The summed E-state index contributed by atoms with van der Waals surface area (Å²) >= 11 is 1.58. The number of carbonyl (C=O) groups excluding carboxylic acids is 3. The van der Waals surface area contributed by atoms with Crippen LogP contribution >= 0.6 is 11.8 Å². The Balaban J connectivity index is 1.47. The largest absolute Gasteiger partial charge is 0.465 e. The number of hydrogen-bond acceptors (Lipinski definition) is 8. The molecule has 3 aliphatic heterocycles. The molecule has 10 nitrogen and oxygen atoms in total. The van der Waals surface area contributed by atoms with Gasteiger partial charge in [0.15, 0.2) is 0 Å². The Morgan fingerprint density at radius 1 is 1.31 bits per heavy atom. The zero-order chi connectivity index (χ0) is 27.7. The molecular formula is C28H35N5O5S. The Hall–Kier alpha value is -3.18. The van der Waals surface area contributed by atoms with Gasteiger partial charge in [0.25, 0.3) is 0 Å². The molecule has 1 spiro atoms. The van der Waals surface area contributed by atoms with E-state index in [1.165, 1.54) is 4.90 Å². The summed E-state index contributed by atoms with van der Waals surface area (Å²) in [7, 11) is 0. The number of benzene rings is 1. The fourth-order valence-corrected chi connectivity index (χ4v) is 9.05. The molecule has 0 radical (unpaired) electrons. The van der Waals surface area contributed by atoms with Crippen molar-refractivity contribution in [2.24, 2.45) is 17.8 Å². The molecule has 208 valence electrons. The monoisotopic (exact) mass is 553 g/mol. The van der Waals surface area contributed by atoms with Crippen LogP contribution in [-0.4, -0.2) is 90.0 Å². The lowest BCUT2D eigenvalue weighted by molar-refractivity contribution is -0.154. The number of aromatic nitrogens is 3. The minimum Gasteiger partial charge on any atom is -0.465 e. The number of ether oxygens (including phenoxy) is 1. The van der Waals surface area contributed by atoms with Crippen molar-refractivity contribution in [3.63, 3.8) is 0 Å². The fraction of sp³-hybridized carbons (Fsp3) is 0.536. The van der Waals surface area contributed by atoms with Crippen molar-refractivity contribution in [1.82, 2.24) is 24.8 Å². The van der Waals surface area contributed by atoms with Crippen molar-refractivity contribution in [2.45, 2.75) is 48.9 Å². The third-order valence-corrected chi connectivity index (χ3v) is 10.4. The molecule has 1 aromatic carbocycles. The highest BCUT2D eigenvalue weighted by Gasteiger charge is 2.76. The molecule has 2 aromatic rings. The number of aliphatic hydroxyl groups excluding tert-OH is 1. The number of carbonyl (C=O) groups is 3. The molecule has 39 heavy (non-hydrogen) atoms. The van der Waals surface area contributed by atoms with Crippen molar-refractivity contribution in [3.8, 4) is 0 Å². The smallest absolute Gasteiger partial charge is 0.310 e. The number of fused-ring (bicyclic) bond motifs is 2. The van der Waals surface area contributed by atoms with Crippen molar-refractivity contribution >= 4 is 40.6 Å². The summed E-state index contributed by atoms with van der Waals surface area (Å²) < 4.78 is 6.48. The summed E-state index contributed by atoms with van der Waals surface area (Å²) in [5, 5.41) is 18.2. The number of amides is 2. The van der Waals surface area contributed by atoms with Crippen LogP contribution in [0.2, 0.25) is 0 Å². The van der Waals surface area contributed by atoms with E-state index in [-0.39, 0.29) is 61.9 Å². The van der Waals surface area contributed by atoms with Crippen molar-refractivity contribution in [2.75, 3.05) is 26.3 Å². The van der Waals surface area contributed by atoms with Crippen LogP contribution in [0.15, 0.2) is 49.6 Å². The minimum absolute atomic E-state index is 0.0146. The van der Waals surface area contributed by atoms with Crippen LogP contribution in [0.25, 0.3) is 11.0 Å². The standard InChI is InChI=1S/C28H35N5O5S/c1-4-6-9-15-38-27(37)22-21-16-18(3)28(39-21)23(22)25(35)32(13-14-34)24(28)26(36)31(12-5-2)17-33-20-11-8-7-10-19(20)29-30-33/h4-5,7-8,10-11,18,21-24,34H,1-2,6,9,12-17H2,3H3/t18?,21-,22+,23+,24?,28?/m1/s1. The predicted octanol–water partition coefficient (Wildman–Crippen LogP) is 2.24. The van der Waals surface area contributed by atoms with Gasteiger partial charge in [-0.3, -0.25) is 14.4 Å². The van der Waals surface area contributed by atoms with Gasteiger partial charge in [-0.25, -0.2) is 4.68 Å². The summed E-state index contributed by atoms with van der Waals surface area (Å²) in [6.45, 7) is 9.96. The molecule has 3 fully saturated rings. The molecule has 2 bridgehead atoms. The van der Waals surface area contributed by atoms with Crippen LogP contribution in [-0.2, 0) is 25.8 Å². The summed E-state index contributed by atoms with van der Waals surface area (Å²) in [5.74, 6) is -2.17. The van der Waals surface area contributed by atoms with Crippen LogP contribution in [0.5, 0.6) is 0 Å². The zero-order valence-electron chi connectivity index (χ0n) is 22.1. The van der Waals surface area contributed by atoms with E-state index >= 15 is 0 Å². The molecule has 3 unspecified atom stereocenters. The van der Waals surface area contributed by atoms with Crippen LogP contribution in [0.3, 0.4) is 0 Å². The highest BCUT2D eigenvalue weighted by molar-refractivity contribution is 8.02. The Bertz CT molecular complexity index is 1280. The molecule has 0 aliphatic carbocycles. The quantitative estimate of drug-likeness (QED) is 0.242. The summed E-state index contributed by atoms with van der Waals surface area (Å²) in [6.07, 6.45) is 5.54. The van der Waals surface area contributed by atoms with Gasteiger partial charge < -0.3 is 19.6 Å². The highest BCUT2D eigenvalue weighted by atomic mass is 32.2. The Morgan fingerprint density at radius 2 is 2.10 bits per heavy atom. The number of nitrogens with zero attached hydrogens (tertiary/aromatic N) is 5.